The van der Waals surface area contributed by atoms with E-state index in [9.17, 15) is 0 Å². The zero-order chi connectivity index (χ0) is 8.85. The number of methoxy groups -OCH3 is 1. The van der Waals surface area contributed by atoms with Crippen LogP contribution < -0.4 is 0 Å². The lowest BCUT2D eigenvalue weighted by atomic mass is 10.1. The average Bonchev–Trinajstić information content (AvgIpc) is 2.02. The van der Waals surface area contributed by atoms with E-state index in [0.29, 0.717) is 0 Å². The Labute approximate surface area is 69.8 Å². The minimum absolute atomic E-state index is 0.228. The molecule has 0 saturated heterocycles. The number of ether oxygens (including phenoxy) is 1. The van der Waals surface area contributed by atoms with Crippen molar-refractivity contribution in [2.24, 2.45) is 0 Å². The van der Waals surface area contributed by atoms with E-state index in [1.54, 1.807) is 7.11 Å². The first kappa shape index (κ1) is 10.4. The van der Waals surface area contributed by atoms with E-state index in [2.05, 4.69) is 26.8 Å². The van der Waals surface area contributed by atoms with Gasteiger partial charge >= 0.3 is 0 Å². The van der Waals surface area contributed by atoms with E-state index < -0.39 is 0 Å². The molecule has 0 bridgehead atoms. The van der Waals surface area contributed by atoms with Crippen molar-refractivity contribution < 1.29 is 4.74 Å². The normalized spacial score (nSPS) is 16.8. The van der Waals surface area contributed by atoms with Gasteiger partial charge in [-0.25, -0.2) is 0 Å². The molecule has 0 aromatic heterocycles. The second-order valence-corrected chi connectivity index (χ2v) is 2.74. The van der Waals surface area contributed by atoms with Gasteiger partial charge in [-0.3, -0.25) is 0 Å². The van der Waals surface area contributed by atoms with Crippen molar-refractivity contribution in [1.29, 1.82) is 0 Å². The predicted molar refractivity (Wildman–Crippen MR) is 49.7 cm³/mol. The van der Waals surface area contributed by atoms with Crippen LogP contribution in [0, 0.1) is 0 Å². The van der Waals surface area contributed by atoms with Crippen LogP contribution in [0.3, 0.4) is 0 Å². The first-order valence-corrected chi connectivity index (χ1v) is 3.96. The minimum atomic E-state index is 0.228. The van der Waals surface area contributed by atoms with Gasteiger partial charge in [-0.2, -0.15) is 0 Å². The molecule has 0 radical (unpaired) electrons. The molecular weight excluding hydrogens is 136 g/mol. The van der Waals surface area contributed by atoms with Gasteiger partial charge in [0.15, 0.2) is 0 Å². The van der Waals surface area contributed by atoms with Crippen LogP contribution in [0.5, 0.6) is 0 Å². The molecule has 0 aromatic rings. The molecule has 1 nitrogen and oxygen atoms in total. The zero-order valence-electron chi connectivity index (χ0n) is 8.14. The highest BCUT2D eigenvalue weighted by Crippen LogP contribution is 2.11. The average molecular weight is 154 g/mol. The van der Waals surface area contributed by atoms with Crippen LogP contribution in [0.25, 0.3) is 0 Å². The molecule has 0 saturated carbocycles. The fourth-order valence-electron chi connectivity index (χ4n) is 0.879. The quantitative estimate of drug-likeness (QED) is 0.568. The van der Waals surface area contributed by atoms with Crippen LogP contribution in [0.1, 0.15) is 27.7 Å². The molecule has 1 heteroatoms. The smallest absolute Gasteiger partial charge is 0.0755 e. The largest absolute Gasteiger partial charge is 0.377 e. The van der Waals surface area contributed by atoms with Crippen LogP contribution in [0.15, 0.2) is 23.3 Å². The minimum Gasteiger partial charge on any atom is -0.377 e. The molecule has 0 fully saturated rings. The number of hydrogen-bond acceptors (Lipinski definition) is 1. The van der Waals surface area contributed by atoms with Crippen molar-refractivity contribution in [1.82, 2.24) is 0 Å². The molecular formula is C10H18O. The Bertz CT molecular complexity index is 166. The van der Waals surface area contributed by atoms with Crippen LogP contribution >= 0.6 is 0 Å². The number of allylic oxidation sites excluding steroid dienone is 3. The standard InChI is InChI=1S/C10H18O/c1-6-7-8(2)9(3)10(4)11-5/h6-7,10H,1-5H3/b7-6-,9-8+. The summed E-state index contributed by atoms with van der Waals surface area (Å²) in [7, 11) is 1.73. The summed E-state index contributed by atoms with van der Waals surface area (Å²) in [5, 5.41) is 0. The number of rotatable bonds is 3. The Balaban J connectivity index is 4.38. The van der Waals surface area contributed by atoms with Crippen molar-refractivity contribution in [3.63, 3.8) is 0 Å². The third-order valence-corrected chi connectivity index (χ3v) is 2.00. The lowest BCUT2D eigenvalue weighted by Crippen LogP contribution is -2.07. The lowest BCUT2D eigenvalue weighted by Gasteiger charge is -2.11. The Hall–Kier alpha value is -0.560. The molecule has 1 atom stereocenters. The summed E-state index contributed by atoms with van der Waals surface area (Å²) in [6, 6.07) is 0. The maximum Gasteiger partial charge on any atom is 0.0755 e. The molecule has 1 unspecified atom stereocenters. The van der Waals surface area contributed by atoms with Crippen LogP contribution in [0.4, 0.5) is 0 Å². The summed E-state index contributed by atoms with van der Waals surface area (Å²) in [4.78, 5) is 0. The van der Waals surface area contributed by atoms with Crippen molar-refractivity contribution >= 4 is 0 Å². The van der Waals surface area contributed by atoms with Gasteiger partial charge in [-0.05, 0) is 38.8 Å². The van der Waals surface area contributed by atoms with E-state index in [1.165, 1.54) is 11.1 Å². The second kappa shape index (κ2) is 5.14. The van der Waals surface area contributed by atoms with Gasteiger partial charge in [0, 0.05) is 7.11 Å². The lowest BCUT2D eigenvalue weighted by molar-refractivity contribution is 0.146. The maximum atomic E-state index is 5.19. The number of hydrogen-bond donors (Lipinski definition) is 0. The fourth-order valence-corrected chi connectivity index (χ4v) is 0.879. The first-order chi connectivity index (χ1) is 5.13. The van der Waals surface area contributed by atoms with E-state index >= 15 is 0 Å². The highest BCUT2D eigenvalue weighted by molar-refractivity contribution is 5.24. The highest BCUT2D eigenvalue weighted by atomic mass is 16.5. The van der Waals surface area contributed by atoms with Crippen molar-refractivity contribution in [2.75, 3.05) is 7.11 Å². The topological polar surface area (TPSA) is 9.23 Å². The molecule has 0 amide bonds. The summed E-state index contributed by atoms with van der Waals surface area (Å²) < 4.78 is 5.19. The maximum absolute atomic E-state index is 5.19. The summed E-state index contributed by atoms with van der Waals surface area (Å²) in [6.07, 6.45) is 4.37. The Morgan fingerprint density at radius 3 is 2.27 bits per heavy atom. The van der Waals surface area contributed by atoms with Crippen LogP contribution in [0.2, 0.25) is 0 Å². The Morgan fingerprint density at radius 1 is 1.36 bits per heavy atom. The van der Waals surface area contributed by atoms with E-state index in [-0.39, 0.29) is 6.10 Å². The van der Waals surface area contributed by atoms with Crippen LogP contribution in [-0.2, 0) is 4.74 Å². The molecule has 11 heavy (non-hydrogen) atoms. The molecule has 0 rings (SSSR count). The summed E-state index contributed by atoms with van der Waals surface area (Å²) in [6.45, 7) is 8.28. The Morgan fingerprint density at radius 2 is 1.91 bits per heavy atom. The molecule has 0 spiro atoms. The summed E-state index contributed by atoms with van der Waals surface area (Å²) >= 11 is 0. The molecule has 0 aromatic carbocycles. The zero-order valence-corrected chi connectivity index (χ0v) is 8.14. The third kappa shape index (κ3) is 3.38. The van der Waals surface area contributed by atoms with Crippen molar-refractivity contribution in [3.05, 3.63) is 23.3 Å². The van der Waals surface area contributed by atoms with Gasteiger partial charge in [0.25, 0.3) is 0 Å². The fraction of sp³-hybridized carbons (Fsp3) is 0.600. The van der Waals surface area contributed by atoms with Gasteiger partial charge in [-0.15, -0.1) is 0 Å². The van der Waals surface area contributed by atoms with Gasteiger partial charge in [0.05, 0.1) is 6.10 Å². The molecule has 64 valence electrons. The van der Waals surface area contributed by atoms with Gasteiger partial charge in [-0.1, -0.05) is 12.2 Å². The second-order valence-electron chi connectivity index (χ2n) is 2.74. The highest BCUT2D eigenvalue weighted by Gasteiger charge is 2.02. The molecule has 0 aliphatic rings. The van der Waals surface area contributed by atoms with Crippen molar-refractivity contribution in [2.45, 2.75) is 33.8 Å². The van der Waals surface area contributed by atoms with Gasteiger partial charge in [0.2, 0.25) is 0 Å². The SMILES string of the molecule is C/C=C\C(C)=C(/C)C(C)OC. The van der Waals surface area contributed by atoms with Crippen molar-refractivity contribution in [3.8, 4) is 0 Å². The van der Waals surface area contributed by atoms with Gasteiger partial charge < -0.3 is 4.74 Å². The third-order valence-electron chi connectivity index (χ3n) is 2.00. The van der Waals surface area contributed by atoms with Gasteiger partial charge in [0.1, 0.15) is 0 Å². The summed E-state index contributed by atoms with van der Waals surface area (Å²) in [5.74, 6) is 0. The molecule has 0 heterocycles. The van der Waals surface area contributed by atoms with E-state index in [0.717, 1.165) is 0 Å². The molecule has 0 N–H and O–H groups in total. The summed E-state index contributed by atoms with van der Waals surface area (Å²) in [5.41, 5.74) is 2.59. The van der Waals surface area contributed by atoms with E-state index in [4.69, 9.17) is 4.74 Å². The molecule has 0 aliphatic heterocycles. The van der Waals surface area contributed by atoms with Crippen LogP contribution in [-0.4, -0.2) is 13.2 Å². The molecule has 0 aliphatic carbocycles. The monoisotopic (exact) mass is 154 g/mol. The predicted octanol–water partition coefficient (Wildman–Crippen LogP) is 2.93. The first-order valence-electron chi connectivity index (χ1n) is 3.96. The Kier molecular flexibility index (Phi) is 4.88. The van der Waals surface area contributed by atoms with E-state index in [1.807, 2.05) is 13.0 Å².